The quantitative estimate of drug-likeness (QED) is 0.0543. The number of ether oxygens (including phenoxy) is 12. The standard InChI is InChI=1S/C49H76N2O32/c50-7-15-1-3-16(4-2-15)51-6-5-18-25(17(58)14-72-18)44-29(62)28(61)39(20(9-53)73-44)79-46-35(68)31(64)41(22(11-55)75-46)81-48-37(70)33(66)43(24(13-57)77-48)83-49-38(71)32(65)42(23(12-56)78-49)82-47-36(69)30(63)40(21(10-54)76-47)80-45-34(67)27(60)26(59)19(8-52)74-45/h1-4,17-49,51-71H,5-6,8-14H2/t17-,18?,19-,20-,21-,22-,23-,24-,25?,26-,27+,28-,29-,30-,31-,32-,33-,34-,35-,36-,37-,38-,39-,40-,41-,42-,43-,44-,45-,46-,47-,48-,49-/m1/s1. The van der Waals surface area contributed by atoms with Crippen molar-refractivity contribution in [2.75, 3.05) is 58.1 Å². The highest BCUT2D eigenvalue weighted by Gasteiger charge is 2.59. The number of aliphatic hydroxyl groups excluding tert-OH is 20. The first-order chi connectivity index (χ1) is 39.6. The number of aliphatic hydroxyl groups is 20. The Balaban J connectivity index is 0.852. The highest BCUT2D eigenvalue weighted by molar-refractivity contribution is 5.47. The van der Waals surface area contributed by atoms with Crippen LogP contribution in [0.25, 0.3) is 0 Å². The Morgan fingerprint density at radius 3 is 1.07 bits per heavy atom. The maximum Gasteiger partial charge on any atom is 0.187 e. The van der Waals surface area contributed by atoms with Crippen molar-refractivity contribution in [1.29, 1.82) is 5.26 Å². The zero-order valence-corrected chi connectivity index (χ0v) is 44.0. The van der Waals surface area contributed by atoms with Gasteiger partial charge in [0, 0.05) is 18.2 Å². The fraction of sp³-hybridized carbons (Fsp3) is 0.857. The normalized spacial score (nSPS) is 48.8. The van der Waals surface area contributed by atoms with E-state index in [-0.39, 0.29) is 13.0 Å². The summed E-state index contributed by atoms with van der Waals surface area (Å²) in [5, 5.41) is 228. The maximum absolute atomic E-state index is 11.4. The van der Waals surface area contributed by atoms with Crippen molar-refractivity contribution in [3.63, 3.8) is 0 Å². The van der Waals surface area contributed by atoms with Crippen LogP contribution in [-0.4, -0.2) is 351 Å². The van der Waals surface area contributed by atoms with Gasteiger partial charge >= 0.3 is 0 Å². The van der Waals surface area contributed by atoms with Gasteiger partial charge in [-0.15, -0.1) is 0 Å². The highest BCUT2D eigenvalue weighted by atomic mass is 16.8. The molecule has 7 aliphatic rings. The molecule has 1 aromatic rings. The summed E-state index contributed by atoms with van der Waals surface area (Å²) in [7, 11) is 0. The lowest BCUT2D eigenvalue weighted by atomic mass is 9.82. The molecule has 1 aromatic carbocycles. The molecule has 7 heterocycles. The number of nitrogens with zero attached hydrogens (tertiary/aromatic N) is 1. The Kier molecular flexibility index (Phi) is 23.2. The van der Waals surface area contributed by atoms with Gasteiger partial charge in [-0.25, -0.2) is 0 Å². The van der Waals surface area contributed by atoms with Gasteiger partial charge < -0.3 is 164 Å². The lowest BCUT2D eigenvalue weighted by Crippen LogP contribution is -2.68. The van der Waals surface area contributed by atoms with E-state index in [0.29, 0.717) is 17.8 Å². The second kappa shape index (κ2) is 29.0. The van der Waals surface area contributed by atoms with E-state index in [1.807, 2.05) is 6.07 Å². The van der Waals surface area contributed by atoms with Crippen LogP contribution in [0.3, 0.4) is 0 Å². The summed E-state index contributed by atoms with van der Waals surface area (Å²) in [4.78, 5) is 0. The van der Waals surface area contributed by atoms with E-state index in [4.69, 9.17) is 62.1 Å². The molecular formula is C49H76N2O32. The fourth-order valence-corrected chi connectivity index (χ4v) is 11.3. The minimum absolute atomic E-state index is 0.145. The summed E-state index contributed by atoms with van der Waals surface area (Å²) in [6.07, 6.45) is -57.9. The Hall–Kier alpha value is -2.77. The molecule has 0 aliphatic carbocycles. The van der Waals surface area contributed by atoms with Gasteiger partial charge in [-0.05, 0) is 30.7 Å². The molecule has 83 heavy (non-hydrogen) atoms. The van der Waals surface area contributed by atoms with E-state index in [1.165, 1.54) is 0 Å². The third kappa shape index (κ3) is 13.9. The minimum atomic E-state index is -2.20. The molecule has 7 aliphatic heterocycles. The van der Waals surface area contributed by atoms with Crippen molar-refractivity contribution < 1.29 is 159 Å². The van der Waals surface area contributed by atoms with E-state index < -0.39 is 242 Å². The molecule has 0 bridgehead atoms. The summed E-state index contributed by atoms with van der Waals surface area (Å²) in [6, 6.07) is 8.67. The first kappa shape index (κ1) is 66.2. The van der Waals surface area contributed by atoms with E-state index >= 15 is 0 Å². The van der Waals surface area contributed by atoms with E-state index in [0.717, 1.165) is 0 Å². The molecule has 0 saturated carbocycles. The molecule has 0 amide bonds. The summed E-state index contributed by atoms with van der Waals surface area (Å²) < 4.78 is 68.3. The number of anilines is 1. The molecule has 7 fully saturated rings. The third-order valence-corrected chi connectivity index (χ3v) is 16.0. The smallest absolute Gasteiger partial charge is 0.187 e. The lowest BCUT2D eigenvalue weighted by Gasteiger charge is -2.50. The number of benzene rings is 1. The van der Waals surface area contributed by atoms with Crippen molar-refractivity contribution >= 4 is 5.69 Å². The Labute approximate surface area is 471 Å². The van der Waals surface area contributed by atoms with E-state index in [1.54, 1.807) is 24.3 Å². The van der Waals surface area contributed by atoms with Gasteiger partial charge in [0.15, 0.2) is 31.5 Å². The molecule has 2 unspecified atom stereocenters. The first-order valence-electron chi connectivity index (χ1n) is 26.9. The second-order valence-electron chi connectivity index (χ2n) is 21.3. The minimum Gasteiger partial charge on any atom is -0.394 e. The SMILES string of the molecule is N#Cc1ccc(NCCC2OC[C@@H](O)C2[C@H]2O[C@H](CO)[C@@H](O[C@H]3O[C@H](CO)[C@@H](O[C@H]4O[C@H](CO)[C@@H](O[C@H]5O[C@H](CO)[C@@H](O[C@H]6O[C@H](CO)[C@@H](O[C@H]7O[C@H](CO)[C@@H](O)[C@H](O)[C@H]7O)[C@H](O)[C@H]6O)[C@H](O)[C@H]5O)[C@H](O)[C@H]4O)[C@H](O)[C@H]3O)[C@H](O)[C@H]2O)cc1. The highest BCUT2D eigenvalue weighted by Crippen LogP contribution is 2.40. The molecule has 8 rings (SSSR count). The van der Waals surface area contributed by atoms with Crippen molar-refractivity contribution in [1.82, 2.24) is 0 Å². The molecular weight excluding hydrogens is 1130 g/mol. The average molecular weight is 1210 g/mol. The Morgan fingerprint density at radius 2 is 0.723 bits per heavy atom. The number of hydrogen-bond acceptors (Lipinski definition) is 34. The monoisotopic (exact) mass is 1200 g/mol. The van der Waals surface area contributed by atoms with Crippen LogP contribution in [-0.2, 0) is 56.8 Å². The fourth-order valence-electron chi connectivity index (χ4n) is 11.3. The van der Waals surface area contributed by atoms with Crippen LogP contribution in [0, 0.1) is 17.2 Å². The molecule has 21 N–H and O–H groups in total. The van der Waals surface area contributed by atoms with Crippen LogP contribution in [0.15, 0.2) is 24.3 Å². The molecule has 0 spiro atoms. The van der Waals surface area contributed by atoms with Crippen molar-refractivity contribution in [2.45, 2.75) is 203 Å². The van der Waals surface area contributed by atoms with Crippen LogP contribution >= 0.6 is 0 Å². The Morgan fingerprint density at radius 1 is 0.398 bits per heavy atom. The van der Waals surface area contributed by atoms with Crippen LogP contribution in [0.4, 0.5) is 5.69 Å². The molecule has 474 valence electrons. The van der Waals surface area contributed by atoms with Crippen LogP contribution in [0.2, 0.25) is 0 Å². The average Bonchev–Trinajstić information content (AvgIpc) is 3.88. The van der Waals surface area contributed by atoms with Crippen molar-refractivity contribution in [2.24, 2.45) is 5.92 Å². The summed E-state index contributed by atoms with van der Waals surface area (Å²) in [6.45, 7) is -5.56. The number of nitriles is 1. The second-order valence-corrected chi connectivity index (χ2v) is 21.3. The topological polar surface area (TPSA) is 551 Å². The maximum atomic E-state index is 11.4. The predicted octanol–water partition coefficient (Wildman–Crippen LogP) is -12.3. The first-order valence-corrected chi connectivity index (χ1v) is 26.9. The van der Waals surface area contributed by atoms with Crippen LogP contribution < -0.4 is 5.32 Å². The van der Waals surface area contributed by atoms with Gasteiger partial charge in [-0.2, -0.15) is 5.26 Å². The molecule has 0 aromatic heterocycles. The third-order valence-electron chi connectivity index (χ3n) is 16.0. The van der Waals surface area contributed by atoms with E-state index in [2.05, 4.69) is 5.32 Å². The molecule has 33 atom stereocenters. The summed E-state index contributed by atoms with van der Waals surface area (Å²) in [5.74, 6) is -0.929. The van der Waals surface area contributed by atoms with Crippen LogP contribution in [0.1, 0.15) is 12.0 Å². The largest absolute Gasteiger partial charge is 0.394 e. The number of hydrogen-bond donors (Lipinski definition) is 21. The van der Waals surface area contributed by atoms with Gasteiger partial charge in [-0.3, -0.25) is 0 Å². The summed E-state index contributed by atoms with van der Waals surface area (Å²) in [5.41, 5.74) is 1.16. The van der Waals surface area contributed by atoms with Gasteiger partial charge in [-0.1, -0.05) is 0 Å². The van der Waals surface area contributed by atoms with Gasteiger partial charge in [0.25, 0.3) is 0 Å². The van der Waals surface area contributed by atoms with Gasteiger partial charge in [0.2, 0.25) is 0 Å². The predicted molar refractivity (Wildman–Crippen MR) is 260 cm³/mol. The number of rotatable bonds is 21. The van der Waals surface area contributed by atoms with Gasteiger partial charge in [0.1, 0.15) is 146 Å². The Bertz CT molecular complexity index is 2180. The molecule has 34 nitrogen and oxygen atoms in total. The van der Waals surface area contributed by atoms with E-state index in [9.17, 15) is 102 Å². The molecule has 34 heteroatoms. The van der Waals surface area contributed by atoms with Gasteiger partial charge in [0.05, 0.1) is 76.2 Å². The molecule has 0 radical (unpaired) electrons. The van der Waals surface area contributed by atoms with Crippen LogP contribution in [0.5, 0.6) is 0 Å². The summed E-state index contributed by atoms with van der Waals surface area (Å²) >= 11 is 0. The zero-order valence-electron chi connectivity index (χ0n) is 44.0. The zero-order chi connectivity index (χ0) is 60.3. The lowest BCUT2D eigenvalue weighted by molar-refractivity contribution is -0.395. The van der Waals surface area contributed by atoms with Crippen molar-refractivity contribution in [3.8, 4) is 6.07 Å². The number of nitrogens with one attached hydrogen (secondary N) is 1. The molecule has 7 saturated heterocycles. The van der Waals surface area contributed by atoms with Crippen molar-refractivity contribution in [3.05, 3.63) is 29.8 Å².